The van der Waals surface area contributed by atoms with Crippen molar-refractivity contribution >= 4 is 13.7 Å². The molecule has 2 N–H and O–H groups in total. The molecular weight excluding hydrogens is 996 g/mol. The molecule has 3 atom stereocenters. The zero-order valence-corrected chi connectivity index (χ0v) is 52.9. The summed E-state index contributed by atoms with van der Waals surface area (Å²) in [6, 6.07) is -0.910. The number of rotatable bonds is 59. The minimum atomic E-state index is -4.62. The maximum absolute atomic E-state index is 13.0. The molecule has 0 bridgehead atoms. The van der Waals surface area contributed by atoms with Crippen molar-refractivity contribution in [3.63, 3.8) is 0 Å². The first-order chi connectivity index (χ1) is 38.5. The van der Waals surface area contributed by atoms with E-state index in [0.717, 1.165) is 103 Å². The topological polar surface area (TPSA) is 108 Å². The molecule has 0 saturated carbocycles. The number of carbonyl (C=O) groups excluding carboxylic acids is 1. The fourth-order valence-corrected chi connectivity index (χ4v) is 9.89. The van der Waals surface area contributed by atoms with E-state index >= 15 is 0 Å². The Bertz CT molecular complexity index is 1650. The smallest absolute Gasteiger partial charge is 0.268 e. The van der Waals surface area contributed by atoms with Crippen LogP contribution in [0.15, 0.2) is 109 Å². The highest BCUT2D eigenvalue weighted by Gasteiger charge is 2.23. The molecule has 0 aliphatic rings. The minimum absolute atomic E-state index is 0.0119. The Labute approximate surface area is 489 Å². The van der Waals surface area contributed by atoms with Gasteiger partial charge in [-0.05, 0) is 83.5 Å². The number of nitrogens with zero attached hydrogens (tertiary/aromatic N) is 1. The largest absolute Gasteiger partial charge is 0.756 e. The Morgan fingerprint density at radius 2 is 0.772 bits per heavy atom. The average molecular weight is 1120 g/mol. The number of likely N-dealkylation sites (N-methyl/N-ethyl adjacent to an activating group) is 1. The fourth-order valence-electron chi connectivity index (χ4n) is 9.17. The summed E-state index contributed by atoms with van der Waals surface area (Å²) in [4.78, 5) is 25.6. The molecule has 0 radical (unpaired) electrons. The molecule has 0 aliphatic carbocycles. The standard InChI is InChI=1S/C70H125N2O6P/c1-6-8-10-12-14-16-18-20-22-24-26-28-30-32-34-36-38-40-42-44-46-48-50-52-54-56-58-60-62-64-70(74)71-68(67-78-79(75,76)77-66-65-72(3,4)5)69(73)63-61-59-57-55-53-51-49-47-45-43-41-39-37-35-33-31-29-27-25-23-21-19-17-15-13-11-9-7-2/h8,10,14,16,20,22,26,28,32,34,38,40,44,46,50,52,61,63,68-69,73H,6-7,9,11-13,15,17-19,21,23-25,27,29-31,33,35-37,39,41-43,45,47-49,51,53-60,62,64-67H2,1-5H3,(H-,71,74,75,76)/b10-8-,16-14-,22-20-,28-26-,34-32-,40-38-,46-44-,52-50-,63-61+. The van der Waals surface area contributed by atoms with Crippen LogP contribution in [0.4, 0.5) is 0 Å². The molecule has 0 heterocycles. The van der Waals surface area contributed by atoms with Crippen molar-refractivity contribution in [2.45, 2.75) is 289 Å². The van der Waals surface area contributed by atoms with E-state index in [9.17, 15) is 19.4 Å². The molecule has 0 fully saturated rings. The Kier molecular flexibility index (Phi) is 57.6. The van der Waals surface area contributed by atoms with Crippen molar-refractivity contribution in [1.29, 1.82) is 0 Å². The van der Waals surface area contributed by atoms with Crippen LogP contribution in [-0.2, 0) is 18.4 Å². The van der Waals surface area contributed by atoms with Gasteiger partial charge in [0.15, 0.2) is 0 Å². The van der Waals surface area contributed by atoms with Gasteiger partial charge < -0.3 is 28.8 Å². The van der Waals surface area contributed by atoms with Gasteiger partial charge in [-0.2, -0.15) is 0 Å². The van der Waals surface area contributed by atoms with Gasteiger partial charge in [-0.1, -0.05) is 297 Å². The number of quaternary nitrogens is 1. The lowest BCUT2D eigenvalue weighted by Crippen LogP contribution is -2.45. The number of hydrogen-bond donors (Lipinski definition) is 2. The van der Waals surface area contributed by atoms with Crippen LogP contribution in [0, 0.1) is 0 Å². The number of phosphoric acid groups is 1. The zero-order chi connectivity index (χ0) is 57.7. The second-order valence-corrected chi connectivity index (χ2v) is 24.5. The first-order valence-corrected chi connectivity index (χ1v) is 34.2. The number of amides is 1. The Morgan fingerprint density at radius 1 is 0.456 bits per heavy atom. The number of aliphatic hydroxyl groups excluding tert-OH is 1. The van der Waals surface area contributed by atoms with Crippen LogP contribution in [0.1, 0.15) is 277 Å². The van der Waals surface area contributed by atoms with Gasteiger partial charge in [0, 0.05) is 6.42 Å². The molecule has 0 aromatic heterocycles. The van der Waals surface area contributed by atoms with Crippen molar-refractivity contribution in [2.75, 3.05) is 40.9 Å². The molecule has 0 aliphatic heterocycles. The molecule has 3 unspecified atom stereocenters. The Balaban J connectivity index is 4.23. The lowest BCUT2D eigenvalue weighted by molar-refractivity contribution is -0.870. The van der Waals surface area contributed by atoms with Crippen molar-refractivity contribution in [2.24, 2.45) is 0 Å². The summed E-state index contributed by atoms with van der Waals surface area (Å²) >= 11 is 0. The van der Waals surface area contributed by atoms with Gasteiger partial charge in [0.2, 0.25) is 5.91 Å². The highest BCUT2D eigenvalue weighted by molar-refractivity contribution is 7.45. The van der Waals surface area contributed by atoms with E-state index in [1.807, 2.05) is 27.2 Å². The maximum atomic E-state index is 13.0. The third-order valence-corrected chi connectivity index (χ3v) is 15.2. The lowest BCUT2D eigenvalue weighted by Gasteiger charge is -2.29. The number of allylic oxidation sites excluding steroid dienone is 17. The molecule has 0 aromatic rings. The SMILES string of the molecule is CC/C=C\C/C=C\C/C=C\C/C=C\C/C=C\C/C=C\C/C=C\C/C=C\CCCCCCC(=O)NC(COP(=O)([O-])OCC[N+](C)(C)C)C(O)/C=C/CCCCCCCCCCCCCCCCCCCCCCCCCCCC. The molecule has 79 heavy (non-hydrogen) atoms. The summed E-state index contributed by atoms with van der Waals surface area (Å²) in [5.41, 5.74) is 0. The van der Waals surface area contributed by atoms with Crippen molar-refractivity contribution in [3.8, 4) is 0 Å². The van der Waals surface area contributed by atoms with Crippen LogP contribution < -0.4 is 10.2 Å². The summed E-state index contributed by atoms with van der Waals surface area (Å²) in [5.74, 6) is -0.223. The number of carbonyl (C=O) groups is 1. The molecule has 0 saturated heterocycles. The van der Waals surface area contributed by atoms with Crippen molar-refractivity contribution in [1.82, 2.24) is 5.32 Å². The monoisotopic (exact) mass is 1120 g/mol. The molecule has 0 spiro atoms. The number of hydrogen-bond acceptors (Lipinski definition) is 6. The summed E-state index contributed by atoms with van der Waals surface area (Å²) < 4.78 is 23.4. The third kappa shape index (κ3) is 62.6. The fraction of sp³-hybridized carbons (Fsp3) is 0.729. The van der Waals surface area contributed by atoms with Crippen LogP contribution in [0.5, 0.6) is 0 Å². The summed E-state index contributed by atoms with van der Waals surface area (Å²) in [6.45, 7) is 4.53. The highest BCUT2D eigenvalue weighted by Crippen LogP contribution is 2.38. The average Bonchev–Trinajstić information content (AvgIpc) is 3.42. The molecule has 9 heteroatoms. The van der Waals surface area contributed by atoms with Gasteiger partial charge >= 0.3 is 0 Å². The predicted octanol–water partition coefficient (Wildman–Crippen LogP) is 20.1. The van der Waals surface area contributed by atoms with E-state index in [-0.39, 0.29) is 12.5 Å². The van der Waals surface area contributed by atoms with Crippen LogP contribution >= 0.6 is 7.82 Å². The number of nitrogens with one attached hydrogen (secondary N) is 1. The maximum Gasteiger partial charge on any atom is 0.268 e. The zero-order valence-electron chi connectivity index (χ0n) is 52.0. The minimum Gasteiger partial charge on any atom is -0.756 e. The Morgan fingerprint density at radius 3 is 1.13 bits per heavy atom. The molecule has 8 nitrogen and oxygen atoms in total. The molecular formula is C70H125N2O6P. The van der Waals surface area contributed by atoms with Gasteiger partial charge in [-0.15, -0.1) is 0 Å². The van der Waals surface area contributed by atoms with E-state index in [1.165, 1.54) is 154 Å². The molecule has 0 rings (SSSR count). The van der Waals surface area contributed by atoms with E-state index in [2.05, 4.69) is 116 Å². The van der Waals surface area contributed by atoms with Crippen LogP contribution in [-0.4, -0.2) is 68.5 Å². The van der Waals surface area contributed by atoms with Gasteiger partial charge in [0.1, 0.15) is 13.2 Å². The lowest BCUT2D eigenvalue weighted by atomic mass is 10.0. The van der Waals surface area contributed by atoms with Gasteiger partial charge in [-0.25, -0.2) is 0 Å². The second kappa shape index (κ2) is 59.8. The molecule has 1 amide bonds. The van der Waals surface area contributed by atoms with Crippen molar-refractivity contribution in [3.05, 3.63) is 109 Å². The van der Waals surface area contributed by atoms with Crippen LogP contribution in [0.2, 0.25) is 0 Å². The Hall–Kier alpha value is -2.84. The summed E-state index contributed by atoms with van der Waals surface area (Å²) in [5, 5.41) is 13.9. The summed E-state index contributed by atoms with van der Waals surface area (Å²) in [7, 11) is 1.23. The first-order valence-electron chi connectivity index (χ1n) is 32.7. The highest BCUT2D eigenvalue weighted by atomic mass is 31.2. The third-order valence-electron chi connectivity index (χ3n) is 14.2. The number of aliphatic hydroxyl groups is 1. The van der Waals surface area contributed by atoms with E-state index in [0.29, 0.717) is 17.4 Å². The molecule has 0 aromatic carbocycles. The van der Waals surface area contributed by atoms with E-state index < -0.39 is 26.6 Å². The second-order valence-electron chi connectivity index (χ2n) is 23.1. The van der Waals surface area contributed by atoms with Gasteiger partial charge in [0.25, 0.3) is 7.82 Å². The number of unbranched alkanes of at least 4 members (excludes halogenated alkanes) is 30. The predicted molar refractivity (Wildman–Crippen MR) is 343 cm³/mol. The summed E-state index contributed by atoms with van der Waals surface area (Å²) in [6.07, 6.45) is 87.6. The van der Waals surface area contributed by atoms with Crippen molar-refractivity contribution < 1.29 is 32.9 Å². The first kappa shape index (κ1) is 76.2. The van der Waals surface area contributed by atoms with Gasteiger partial charge in [0.05, 0.1) is 39.9 Å². The molecule has 456 valence electrons. The van der Waals surface area contributed by atoms with Crippen LogP contribution in [0.25, 0.3) is 0 Å². The van der Waals surface area contributed by atoms with E-state index in [1.54, 1.807) is 6.08 Å². The normalized spacial score (nSPS) is 14.5. The van der Waals surface area contributed by atoms with E-state index in [4.69, 9.17) is 9.05 Å². The van der Waals surface area contributed by atoms with Crippen LogP contribution in [0.3, 0.4) is 0 Å². The van der Waals surface area contributed by atoms with Gasteiger partial charge in [-0.3, -0.25) is 9.36 Å². The quantitative estimate of drug-likeness (QED) is 0.0272. The number of phosphoric ester groups is 1.